The van der Waals surface area contributed by atoms with Crippen molar-refractivity contribution in [3.63, 3.8) is 0 Å². The number of piperidine rings is 1. The topological polar surface area (TPSA) is 41.6 Å². The molecular weight excluding hydrogens is 210 g/mol. The van der Waals surface area contributed by atoms with E-state index in [1.54, 1.807) is 0 Å². The molecule has 0 spiro atoms. The van der Waals surface area contributed by atoms with Gasteiger partial charge < -0.3 is 10.6 Å². The van der Waals surface area contributed by atoms with E-state index in [9.17, 15) is 0 Å². The lowest BCUT2D eigenvalue weighted by Gasteiger charge is -2.27. The molecule has 0 aromatic heterocycles. The van der Waals surface area contributed by atoms with Crippen LogP contribution in [0, 0.1) is 5.92 Å². The van der Waals surface area contributed by atoms with Crippen molar-refractivity contribution in [2.75, 3.05) is 19.6 Å². The van der Waals surface area contributed by atoms with Gasteiger partial charge in [0.15, 0.2) is 5.96 Å². The van der Waals surface area contributed by atoms with Crippen LogP contribution in [0.25, 0.3) is 0 Å². The fourth-order valence-corrected chi connectivity index (χ4v) is 3.10. The highest BCUT2D eigenvalue weighted by Crippen LogP contribution is 2.28. The van der Waals surface area contributed by atoms with E-state index in [0.29, 0.717) is 0 Å². The van der Waals surface area contributed by atoms with Gasteiger partial charge in [-0.3, -0.25) is 4.99 Å². The summed E-state index contributed by atoms with van der Waals surface area (Å²) in [6.45, 7) is 3.15. The number of nitrogens with zero attached hydrogens (tertiary/aromatic N) is 2. The molecule has 1 saturated heterocycles. The third kappa shape index (κ3) is 4.21. The van der Waals surface area contributed by atoms with Gasteiger partial charge >= 0.3 is 0 Å². The van der Waals surface area contributed by atoms with Crippen molar-refractivity contribution in [2.24, 2.45) is 16.6 Å². The van der Waals surface area contributed by atoms with Gasteiger partial charge in [0.2, 0.25) is 0 Å². The molecule has 1 heterocycles. The SMILES string of the molecule is NC(=NCCCC1CCCC1)N1CCCCC1. The van der Waals surface area contributed by atoms with Gasteiger partial charge in [0.05, 0.1) is 0 Å². The molecule has 17 heavy (non-hydrogen) atoms. The zero-order valence-electron chi connectivity index (χ0n) is 11.0. The molecule has 0 bridgehead atoms. The van der Waals surface area contributed by atoms with Crippen molar-refractivity contribution in [3.8, 4) is 0 Å². The van der Waals surface area contributed by atoms with Gasteiger partial charge in [-0.05, 0) is 38.0 Å². The van der Waals surface area contributed by atoms with Crippen LogP contribution in [0.2, 0.25) is 0 Å². The second-order valence-electron chi connectivity index (χ2n) is 5.58. The second kappa shape index (κ2) is 6.87. The molecule has 3 nitrogen and oxygen atoms in total. The highest BCUT2D eigenvalue weighted by Gasteiger charge is 2.14. The summed E-state index contributed by atoms with van der Waals surface area (Å²) in [6, 6.07) is 0. The molecule has 2 rings (SSSR count). The molecule has 0 aromatic rings. The van der Waals surface area contributed by atoms with E-state index in [1.165, 1.54) is 57.8 Å². The van der Waals surface area contributed by atoms with Gasteiger partial charge in [-0.1, -0.05) is 25.7 Å². The summed E-state index contributed by atoms with van der Waals surface area (Å²) in [4.78, 5) is 6.78. The van der Waals surface area contributed by atoms with Crippen molar-refractivity contribution < 1.29 is 0 Å². The van der Waals surface area contributed by atoms with Gasteiger partial charge in [-0.15, -0.1) is 0 Å². The predicted molar refractivity (Wildman–Crippen MR) is 73.1 cm³/mol. The maximum absolute atomic E-state index is 6.02. The molecule has 1 aliphatic heterocycles. The molecule has 2 N–H and O–H groups in total. The lowest BCUT2D eigenvalue weighted by molar-refractivity contribution is 0.338. The summed E-state index contributed by atoms with van der Waals surface area (Å²) in [6.07, 6.45) is 12.3. The molecule has 0 amide bonds. The molecule has 98 valence electrons. The first kappa shape index (κ1) is 12.7. The van der Waals surface area contributed by atoms with Gasteiger partial charge in [0, 0.05) is 19.6 Å². The first-order valence-electron chi connectivity index (χ1n) is 7.41. The second-order valence-corrected chi connectivity index (χ2v) is 5.58. The number of nitrogens with two attached hydrogens (primary N) is 1. The van der Waals surface area contributed by atoms with E-state index in [4.69, 9.17) is 5.73 Å². The average molecular weight is 237 g/mol. The third-order valence-corrected chi connectivity index (χ3v) is 4.20. The Hall–Kier alpha value is -0.730. The smallest absolute Gasteiger partial charge is 0.191 e. The molecular formula is C14H27N3. The van der Waals surface area contributed by atoms with E-state index < -0.39 is 0 Å². The Morgan fingerprint density at radius 1 is 1.06 bits per heavy atom. The molecule has 1 saturated carbocycles. The third-order valence-electron chi connectivity index (χ3n) is 4.20. The van der Waals surface area contributed by atoms with E-state index >= 15 is 0 Å². The average Bonchev–Trinajstić information content (AvgIpc) is 2.88. The van der Waals surface area contributed by atoms with E-state index in [0.717, 1.165) is 31.5 Å². The Balaban J connectivity index is 1.61. The molecule has 0 radical (unpaired) electrons. The minimum absolute atomic E-state index is 0.788. The van der Waals surface area contributed by atoms with Crippen LogP contribution in [0.15, 0.2) is 4.99 Å². The highest BCUT2D eigenvalue weighted by atomic mass is 15.2. The maximum Gasteiger partial charge on any atom is 0.191 e. The van der Waals surface area contributed by atoms with Crippen LogP contribution in [-0.2, 0) is 0 Å². The molecule has 2 fully saturated rings. The van der Waals surface area contributed by atoms with Crippen LogP contribution in [0.4, 0.5) is 0 Å². The van der Waals surface area contributed by atoms with Crippen molar-refractivity contribution in [1.29, 1.82) is 0 Å². The Morgan fingerprint density at radius 2 is 1.76 bits per heavy atom. The van der Waals surface area contributed by atoms with Crippen molar-refractivity contribution >= 4 is 5.96 Å². The van der Waals surface area contributed by atoms with E-state index in [-0.39, 0.29) is 0 Å². The van der Waals surface area contributed by atoms with E-state index in [2.05, 4.69) is 9.89 Å². The highest BCUT2D eigenvalue weighted by molar-refractivity contribution is 5.78. The van der Waals surface area contributed by atoms with Crippen LogP contribution in [0.5, 0.6) is 0 Å². The summed E-state index contributed by atoms with van der Waals surface area (Å²) in [5.41, 5.74) is 6.02. The fourth-order valence-electron chi connectivity index (χ4n) is 3.10. The van der Waals surface area contributed by atoms with Crippen LogP contribution >= 0.6 is 0 Å². The monoisotopic (exact) mass is 237 g/mol. The summed E-state index contributed by atoms with van der Waals surface area (Å²) in [5, 5.41) is 0. The number of guanidine groups is 1. The van der Waals surface area contributed by atoms with Gasteiger partial charge in [0.1, 0.15) is 0 Å². The molecule has 1 aliphatic carbocycles. The Kier molecular flexibility index (Phi) is 5.14. The number of hydrogen-bond donors (Lipinski definition) is 1. The van der Waals surface area contributed by atoms with E-state index in [1.807, 2.05) is 0 Å². The molecule has 3 heteroatoms. The fraction of sp³-hybridized carbons (Fsp3) is 0.929. The summed E-state index contributed by atoms with van der Waals surface area (Å²) >= 11 is 0. The minimum atomic E-state index is 0.788. The van der Waals surface area contributed by atoms with Gasteiger partial charge in [-0.25, -0.2) is 0 Å². The Bertz CT molecular complexity index is 238. The summed E-state index contributed by atoms with van der Waals surface area (Å²) in [7, 11) is 0. The molecule has 2 aliphatic rings. The number of hydrogen-bond acceptors (Lipinski definition) is 1. The predicted octanol–water partition coefficient (Wildman–Crippen LogP) is 2.76. The van der Waals surface area contributed by atoms with Crippen LogP contribution in [0.3, 0.4) is 0 Å². The first-order chi connectivity index (χ1) is 8.36. The van der Waals surface area contributed by atoms with Gasteiger partial charge in [0.25, 0.3) is 0 Å². The largest absolute Gasteiger partial charge is 0.370 e. The normalized spacial score (nSPS) is 23.3. The molecule has 0 aromatic carbocycles. The lowest BCUT2D eigenvalue weighted by atomic mass is 10.0. The lowest BCUT2D eigenvalue weighted by Crippen LogP contribution is -2.40. The molecule has 0 unspecified atom stereocenters. The Labute approximate surface area is 105 Å². The van der Waals surface area contributed by atoms with Crippen molar-refractivity contribution in [3.05, 3.63) is 0 Å². The zero-order chi connectivity index (χ0) is 11.9. The van der Waals surface area contributed by atoms with Crippen molar-refractivity contribution in [2.45, 2.75) is 57.8 Å². The van der Waals surface area contributed by atoms with Gasteiger partial charge in [-0.2, -0.15) is 0 Å². The number of aliphatic imine (C=N–C) groups is 1. The minimum Gasteiger partial charge on any atom is -0.370 e. The zero-order valence-corrected chi connectivity index (χ0v) is 11.0. The van der Waals surface area contributed by atoms with Crippen LogP contribution in [-0.4, -0.2) is 30.5 Å². The van der Waals surface area contributed by atoms with Crippen LogP contribution < -0.4 is 5.73 Å². The molecule has 0 atom stereocenters. The first-order valence-corrected chi connectivity index (χ1v) is 7.41. The maximum atomic E-state index is 6.02. The van der Waals surface area contributed by atoms with Crippen LogP contribution in [0.1, 0.15) is 57.8 Å². The summed E-state index contributed by atoms with van der Waals surface area (Å²) in [5.74, 6) is 1.78. The number of likely N-dealkylation sites (tertiary alicyclic amines) is 1. The Morgan fingerprint density at radius 3 is 2.47 bits per heavy atom. The standard InChI is InChI=1S/C14H27N3/c15-14(17-11-4-1-5-12-17)16-10-6-9-13-7-2-3-8-13/h13H,1-12H2,(H2,15,16). The summed E-state index contributed by atoms with van der Waals surface area (Å²) < 4.78 is 0. The number of rotatable bonds is 4. The van der Waals surface area contributed by atoms with Crippen molar-refractivity contribution in [1.82, 2.24) is 4.90 Å². The quantitative estimate of drug-likeness (QED) is 0.464.